The second kappa shape index (κ2) is 4.63. The van der Waals surface area contributed by atoms with E-state index in [-0.39, 0.29) is 12.0 Å². The largest absolute Gasteiger partial charge is 0.389 e. The van der Waals surface area contributed by atoms with Crippen LogP contribution in [0.15, 0.2) is 18.3 Å². The van der Waals surface area contributed by atoms with Gasteiger partial charge in [0, 0.05) is 23.9 Å². The number of fused-ring (bicyclic) bond motifs is 1. The minimum atomic E-state index is -0.624. The lowest BCUT2D eigenvalue weighted by molar-refractivity contribution is -0.0330. The first-order chi connectivity index (χ1) is 8.69. The number of hydrogen-bond donors (Lipinski definition) is 2. The van der Waals surface area contributed by atoms with Gasteiger partial charge in [-0.15, -0.1) is 0 Å². The lowest BCUT2D eigenvalue weighted by Crippen LogP contribution is -2.46. The molecule has 2 aliphatic carbocycles. The zero-order valence-corrected chi connectivity index (χ0v) is 10.8. The van der Waals surface area contributed by atoms with Gasteiger partial charge in [0.05, 0.1) is 5.60 Å². The molecule has 0 saturated heterocycles. The van der Waals surface area contributed by atoms with Crippen LogP contribution in [0.4, 0.5) is 0 Å². The summed E-state index contributed by atoms with van der Waals surface area (Å²) >= 11 is 0. The highest BCUT2D eigenvalue weighted by molar-refractivity contribution is 5.29. The van der Waals surface area contributed by atoms with E-state index in [4.69, 9.17) is 5.73 Å². The fourth-order valence-electron chi connectivity index (χ4n) is 3.78. The standard InChI is InChI=1S/C15H22N2O/c16-12-6-2-8-15(18,10-12)13-7-1-4-11-5-3-9-17-14(11)13/h3,5,9,12-13,18H,1-2,4,6-8,10,16H2. The minimum absolute atomic E-state index is 0.151. The molecule has 0 bridgehead atoms. The van der Waals surface area contributed by atoms with E-state index in [1.165, 1.54) is 5.56 Å². The molecule has 0 radical (unpaired) electrons. The van der Waals surface area contributed by atoms with Crippen molar-refractivity contribution < 1.29 is 5.11 Å². The van der Waals surface area contributed by atoms with Gasteiger partial charge in [0.1, 0.15) is 0 Å². The summed E-state index contributed by atoms with van der Waals surface area (Å²) in [4.78, 5) is 4.55. The van der Waals surface area contributed by atoms with Gasteiger partial charge in [0.15, 0.2) is 0 Å². The Hall–Kier alpha value is -0.930. The highest BCUT2D eigenvalue weighted by Crippen LogP contribution is 2.44. The second-order valence-electron chi connectivity index (χ2n) is 5.95. The van der Waals surface area contributed by atoms with Crippen LogP contribution in [-0.2, 0) is 6.42 Å². The van der Waals surface area contributed by atoms with E-state index in [9.17, 15) is 5.11 Å². The molecule has 1 fully saturated rings. The zero-order valence-electron chi connectivity index (χ0n) is 10.8. The first-order valence-corrected chi connectivity index (χ1v) is 7.11. The molecule has 1 aromatic rings. The summed E-state index contributed by atoms with van der Waals surface area (Å²) in [6.45, 7) is 0. The lowest BCUT2D eigenvalue weighted by atomic mass is 9.68. The summed E-state index contributed by atoms with van der Waals surface area (Å²) < 4.78 is 0. The summed E-state index contributed by atoms with van der Waals surface area (Å²) in [6, 6.07) is 4.30. The molecule has 0 aliphatic heterocycles. The van der Waals surface area contributed by atoms with Crippen LogP contribution >= 0.6 is 0 Å². The third kappa shape index (κ3) is 2.06. The van der Waals surface area contributed by atoms with E-state index in [1.54, 1.807) is 0 Å². The van der Waals surface area contributed by atoms with E-state index in [0.717, 1.165) is 50.6 Å². The third-order valence-electron chi connectivity index (χ3n) is 4.64. The van der Waals surface area contributed by atoms with Gasteiger partial charge < -0.3 is 10.8 Å². The number of aromatic nitrogens is 1. The van der Waals surface area contributed by atoms with Crippen LogP contribution in [0.3, 0.4) is 0 Å². The van der Waals surface area contributed by atoms with Crippen molar-refractivity contribution in [3.8, 4) is 0 Å². The Kier molecular flexibility index (Phi) is 3.12. The normalized spacial score (nSPS) is 36.1. The first-order valence-electron chi connectivity index (χ1n) is 7.11. The summed E-state index contributed by atoms with van der Waals surface area (Å²) in [5.74, 6) is 0.189. The maximum atomic E-state index is 11.0. The molecule has 2 aliphatic rings. The average molecular weight is 246 g/mol. The van der Waals surface area contributed by atoms with Crippen LogP contribution in [0.1, 0.15) is 55.7 Å². The fourth-order valence-corrected chi connectivity index (χ4v) is 3.78. The smallest absolute Gasteiger partial charge is 0.0745 e. The molecule has 1 saturated carbocycles. The predicted molar refractivity (Wildman–Crippen MR) is 71.3 cm³/mol. The van der Waals surface area contributed by atoms with Crippen molar-refractivity contribution in [1.82, 2.24) is 4.98 Å². The molecule has 1 aromatic heterocycles. The molecule has 3 N–H and O–H groups in total. The molecule has 3 rings (SSSR count). The van der Waals surface area contributed by atoms with Crippen molar-refractivity contribution in [3.63, 3.8) is 0 Å². The van der Waals surface area contributed by atoms with Gasteiger partial charge in [-0.05, 0) is 56.6 Å². The molecular weight excluding hydrogens is 224 g/mol. The van der Waals surface area contributed by atoms with Crippen LogP contribution in [0.2, 0.25) is 0 Å². The van der Waals surface area contributed by atoms with Crippen LogP contribution in [0.5, 0.6) is 0 Å². The predicted octanol–water partition coefficient (Wildman–Crippen LogP) is 2.13. The van der Waals surface area contributed by atoms with Crippen molar-refractivity contribution in [2.45, 2.75) is 62.5 Å². The SMILES string of the molecule is NC1CCCC(O)(C2CCCc3cccnc32)C1. The number of nitrogens with two attached hydrogens (primary N) is 1. The third-order valence-corrected chi connectivity index (χ3v) is 4.64. The fraction of sp³-hybridized carbons (Fsp3) is 0.667. The average Bonchev–Trinajstić information content (AvgIpc) is 2.38. The van der Waals surface area contributed by atoms with Crippen molar-refractivity contribution in [1.29, 1.82) is 0 Å². The molecule has 1 heterocycles. The molecule has 3 heteroatoms. The van der Waals surface area contributed by atoms with Gasteiger partial charge >= 0.3 is 0 Å². The van der Waals surface area contributed by atoms with Crippen LogP contribution in [0.25, 0.3) is 0 Å². The van der Waals surface area contributed by atoms with Gasteiger partial charge in [-0.1, -0.05) is 6.07 Å². The molecule has 3 unspecified atom stereocenters. The number of nitrogens with zero attached hydrogens (tertiary/aromatic N) is 1. The molecule has 0 spiro atoms. The second-order valence-corrected chi connectivity index (χ2v) is 5.95. The Morgan fingerprint density at radius 2 is 2.22 bits per heavy atom. The zero-order chi connectivity index (χ0) is 12.6. The summed E-state index contributed by atoms with van der Waals surface area (Å²) in [6.07, 6.45) is 8.84. The van der Waals surface area contributed by atoms with E-state index in [1.807, 2.05) is 12.3 Å². The lowest BCUT2D eigenvalue weighted by Gasteiger charge is -2.43. The van der Waals surface area contributed by atoms with Crippen LogP contribution in [-0.4, -0.2) is 21.7 Å². The summed E-state index contributed by atoms with van der Waals surface area (Å²) in [5.41, 5.74) is 7.88. The molecular formula is C15H22N2O. The Morgan fingerprint density at radius 3 is 3.06 bits per heavy atom. The number of rotatable bonds is 1. The Balaban J connectivity index is 1.93. The Morgan fingerprint density at radius 1 is 1.33 bits per heavy atom. The number of aryl methyl sites for hydroxylation is 1. The van der Waals surface area contributed by atoms with E-state index in [2.05, 4.69) is 11.1 Å². The Bertz CT molecular complexity index is 434. The van der Waals surface area contributed by atoms with Gasteiger partial charge in [0.25, 0.3) is 0 Å². The molecule has 18 heavy (non-hydrogen) atoms. The van der Waals surface area contributed by atoms with E-state index < -0.39 is 5.60 Å². The monoisotopic (exact) mass is 246 g/mol. The van der Waals surface area contributed by atoms with Crippen molar-refractivity contribution >= 4 is 0 Å². The molecule has 3 nitrogen and oxygen atoms in total. The maximum absolute atomic E-state index is 11.0. The number of pyridine rings is 1. The number of hydrogen-bond acceptors (Lipinski definition) is 3. The molecule has 98 valence electrons. The molecule has 3 atom stereocenters. The molecule has 0 aromatic carbocycles. The highest BCUT2D eigenvalue weighted by Gasteiger charge is 2.43. The van der Waals surface area contributed by atoms with Gasteiger partial charge in [-0.3, -0.25) is 4.98 Å². The Labute approximate surface area is 108 Å². The highest BCUT2D eigenvalue weighted by atomic mass is 16.3. The van der Waals surface area contributed by atoms with Crippen LogP contribution < -0.4 is 5.73 Å². The van der Waals surface area contributed by atoms with Gasteiger partial charge in [-0.25, -0.2) is 0 Å². The number of aliphatic hydroxyl groups is 1. The summed E-state index contributed by atoms with van der Waals surface area (Å²) in [5, 5.41) is 11.0. The topological polar surface area (TPSA) is 59.1 Å². The quantitative estimate of drug-likeness (QED) is 0.798. The first kappa shape index (κ1) is 12.1. The van der Waals surface area contributed by atoms with Gasteiger partial charge in [-0.2, -0.15) is 0 Å². The van der Waals surface area contributed by atoms with Gasteiger partial charge in [0.2, 0.25) is 0 Å². The van der Waals surface area contributed by atoms with E-state index >= 15 is 0 Å². The van der Waals surface area contributed by atoms with Crippen molar-refractivity contribution in [2.75, 3.05) is 0 Å². The van der Waals surface area contributed by atoms with Crippen LogP contribution in [0, 0.1) is 0 Å². The summed E-state index contributed by atoms with van der Waals surface area (Å²) in [7, 11) is 0. The van der Waals surface area contributed by atoms with E-state index in [0.29, 0.717) is 0 Å². The van der Waals surface area contributed by atoms with Crippen molar-refractivity contribution in [2.24, 2.45) is 5.73 Å². The minimum Gasteiger partial charge on any atom is -0.389 e. The van der Waals surface area contributed by atoms with Crippen molar-refractivity contribution in [3.05, 3.63) is 29.6 Å². The molecule has 0 amide bonds. The maximum Gasteiger partial charge on any atom is 0.0745 e.